The van der Waals surface area contributed by atoms with E-state index in [-0.39, 0.29) is 5.69 Å². The number of aryl methyl sites for hydroxylation is 2. The number of hydrogen-bond donors (Lipinski definition) is 2. The summed E-state index contributed by atoms with van der Waals surface area (Å²) < 4.78 is 37.3. The van der Waals surface area contributed by atoms with Crippen molar-refractivity contribution in [2.75, 3.05) is 10.6 Å². The molecule has 0 aliphatic carbocycles. The summed E-state index contributed by atoms with van der Waals surface area (Å²) in [7, 11) is 0. The molecule has 0 aliphatic rings. The fourth-order valence-corrected chi connectivity index (χ4v) is 1.94. The average Bonchev–Trinajstić information content (AvgIpc) is 2.46. The van der Waals surface area contributed by atoms with Gasteiger partial charge in [-0.25, -0.2) is 9.97 Å². The van der Waals surface area contributed by atoms with Gasteiger partial charge in [-0.05, 0) is 31.0 Å². The van der Waals surface area contributed by atoms with Crippen LogP contribution in [-0.2, 0) is 11.2 Å². The molecule has 2 N–H and O–H groups in total. The van der Waals surface area contributed by atoms with E-state index in [1.54, 1.807) is 32.0 Å². The van der Waals surface area contributed by atoms with Gasteiger partial charge in [-0.3, -0.25) is 4.79 Å². The van der Waals surface area contributed by atoms with Gasteiger partial charge in [-0.15, -0.1) is 0 Å². The summed E-state index contributed by atoms with van der Waals surface area (Å²) >= 11 is 0. The van der Waals surface area contributed by atoms with E-state index in [9.17, 15) is 18.0 Å². The van der Waals surface area contributed by atoms with Crippen LogP contribution < -0.4 is 10.6 Å². The van der Waals surface area contributed by atoms with Crippen LogP contribution in [0.15, 0.2) is 30.6 Å². The van der Waals surface area contributed by atoms with Gasteiger partial charge in [-0.1, -0.05) is 13.0 Å². The van der Waals surface area contributed by atoms with Crippen molar-refractivity contribution in [3.05, 3.63) is 41.9 Å². The lowest BCUT2D eigenvalue weighted by molar-refractivity contribution is -0.167. The Morgan fingerprint density at radius 1 is 1.22 bits per heavy atom. The number of rotatable bonds is 4. The zero-order valence-electron chi connectivity index (χ0n) is 12.5. The average molecular weight is 324 g/mol. The second kappa shape index (κ2) is 6.64. The van der Waals surface area contributed by atoms with Gasteiger partial charge in [0, 0.05) is 23.1 Å². The topological polar surface area (TPSA) is 66.9 Å². The number of anilines is 3. The molecule has 1 amide bonds. The maximum absolute atomic E-state index is 12.4. The molecule has 0 atom stereocenters. The van der Waals surface area contributed by atoms with Crippen LogP contribution >= 0.6 is 0 Å². The molecular formula is C15H15F3N4O. The number of nitrogens with zero attached hydrogens (tertiary/aromatic N) is 2. The molecule has 1 aromatic heterocycles. The van der Waals surface area contributed by atoms with E-state index in [0.717, 1.165) is 5.69 Å². The minimum absolute atomic E-state index is 0.116. The number of alkyl halides is 3. The van der Waals surface area contributed by atoms with Gasteiger partial charge in [0.1, 0.15) is 12.1 Å². The van der Waals surface area contributed by atoms with Gasteiger partial charge in [0.25, 0.3) is 0 Å². The van der Waals surface area contributed by atoms with Crippen LogP contribution in [0.25, 0.3) is 0 Å². The normalized spacial score (nSPS) is 11.2. The molecule has 5 nitrogen and oxygen atoms in total. The van der Waals surface area contributed by atoms with Crippen molar-refractivity contribution in [3.8, 4) is 0 Å². The number of amides is 1. The highest BCUT2D eigenvalue weighted by atomic mass is 19.4. The van der Waals surface area contributed by atoms with Crippen LogP contribution in [0, 0.1) is 6.92 Å². The van der Waals surface area contributed by atoms with Crippen molar-refractivity contribution in [2.45, 2.75) is 26.4 Å². The first-order valence-corrected chi connectivity index (χ1v) is 6.86. The second-order valence-electron chi connectivity index (χ2n) is 4.85. The van der Waals surface area contributed by atoms with E-state index >= 15 is 0 Å². The third kappa shape index (κ3) is 4.41. The van der Waals surface area contributed by atoms with Crippen molar-refractivity contribution < 1.29 is 18.0 Å². The van der Waals surface area contributed by atoms with E-state index in [0.29, 0.717) is 23.5 Å². The molecule has 1 aromatic carbocycles. The third-order valence-corrected chi connectivity index (χ3v) is 3.07. The van der Waals surface area contributed by atoms with Crippen LogP contribution in [0.1, 0.15) is 18.2 Å². The molecule has 0 bridgehead atoms. The molecule has 122 valence electrons. The zero-order valence-corrected chi connectivity index (χ0v) is 12.5. The maximum atomic E-state index is 12.4. The molecule has 0 radical (unpaired) electrons. The van der Waals surface area contributed by atoms with Gasteiger partial charge in [-0.2, -0.15) is 13.2 Å². The molecule has 8 heteroatoms. The number of benzene rings is 1. The number of carbonyl (C=O) groups is 1. The number of aromatic nitrogens is 2. The zero-order chi connectivity index (χ0) is 17.0. The van der Waals surface area contributed by atoms with Crippen LogP contribution in [0.4, 0.5) is 30.4 Å². The fourth-order valence-electron chi connectivity index (χ4n) is 1.94. The van der Waals surface area contributed by atoms with E-state index in [1.165, 1.54) is 12.4 Å². The quantitative estimate of drug-likeness (QED) is 0.902. The highest BCUT2D eigenvalue weighted by molar-refractivity contribution is 5.96. The number of carbonyl (C=O) groups excluding carboxylic acids is 1. The monoisotopic (exact) mass is 324 g/mol. The van der Waals surface area contributed by atoms with Gasteiger partial charge in [0.05, 0.1) is 0 Å². The lowest BCUT2D eigenvalue weighted by atomic mass is 10.1. The third-order valence-electron chi connectivity index (χ3n) is 3.07. The molecule has 2 rings (SSSR count). The Labute approximate surface area is 131 Å². The van der Waals surface area contributed by atoms with Gasteiger partial charge in [0.15, 0.2) is 0 Å². The lowest BCUT2D eigenvalue weighted by Gasteiger charge is -2.14. The predicted molar refractivity (Wildman–Crippen MR) is 80.6 cm³/mol. The Bertz CT molecular complexity index is 716. The maximum Gasteiger partial charge on any atom is 0.471 e. The molecule has 0 saturated heterocycles. The lowest BCUT2D eigenvalue weighted by Crippen LogP contribution is -2.30. The smallest absolute Gasteiger partial charge is 0.340 e. The molecular weight excluding hydrogens is 309 g/mol. The van der Waals surface area contributed by atoms with E-state index in [4.69, 9.17) is 0 Å². The molecule has 0 saturated carbocycles. The molecule has 23 heavy (non-hydrogen) atoms. The summed E-state index contributed by atoms with van der Waals surface area (Å²) in [5.74, 6) is -1.49. The van der Waals surface area contributed by atoms with Crippen molar-refractivity contribution in [1.29, 1.82) is 0 Å². The van der Waals surface area contributed by atoms with Crippen molar-refractivity contribution in [2.24, 2.45) is 0 Å². The van der Waals surface area contributed by atoms with Crippen molar-refractivity contribution >= 4 is 23.1 Å². The van der Waals surface area contributed by atoms with Crippen LogP contribution in [0.5, 0.6) is 0 Å². The Balaban J connectivity index is 2.26. The molecule has 0 aliphatic heterocycles. The second-order valence-corrected chi connectivity index (χ2v) is 4.85. The minimum Gasteiger partial charge on any atom is -0.340 e. The summed E-state index contributed by atoms with van der Waals surface area (Å²) in [6, 6.07) is 6.50. The largest absolute Gasteiger partial charge is 0.471 e. The van der Waals surface area contributed by atoms with Gasteiger partial charge >= 0.3 is 12.1 Å². The minimum atomic E-state index is -4.93. The van der Waals surface area contributed by atoms with Crippen molar-refractivity contribution in [3.63, 3.8) is 0 Å². The SMILES string of the molecule is CCc1ccc(Nc2cc(C)ncn2)cc1NC(=O)C(F)(F)F. The number of nitrogens with one attached hydrogen (secondary N) is 2. The summed E-state index contributed by atoms with van der Waals surface area (Å²) in [6.07, 6.45) is -3.07. The predicted octanol–water partition coefficient (Wildman–Crippen LogP) is 3.59. The van der Waals surface area contributed by atoms with Gasteiger partial charge < -0.3 is 10.6 Å². The van der Waals surface area contributed by atoms with Crippen LogP contribution in [0.3, 0.4) is 0 Å². The first-order valence-electron chi connectivity index (χ1n) is 6.86. The van der Waals surface area contributed by atoms with Crippen molar-refractivity contribution in [1.82, 2.24) is 9.97 Å². The highest BCUT2D eigenvalue weighted by Crippen LogP contribution is 2.26. The Kier molecular flexibility index (Phi) is 4.83. The van der Waals surface area contributed by atoms with E-state index < -0.39 is 12.1 Å². The summed E-state index contributed by atoms with van der Waals surface area (Å²) in [6.45, 7) is 3.58. The molecule has 1 heterocycles. The molecule has 0 spiro atoms. The summed E-state index contributed by atoms with van der Waals surface area (Å²) in [5.41, 5.74) is 1.98. The van der Waals surface area contributed by atoms with E-state index in [2.05, 4.69) is 15.3 Å². The Morgan fingerprint density at radius 2 is 1.96 bits per heavy atom. The summed E-state index contributed by atoms with van der Waals surface area (Å²) in [5, 5.41) is 4.87. The Hall–Kier alpha value is -2.64. The first-order chi connectivity index (χ1) is 10.8. The van der Waals surface area contributed by atoms with Crippen LogP contribution in [0.2, 0.25) is 0 Å². The highest BCUT2D eigenvalue weighted by Gasteiger charge is 2.38. The molecule has 2 aromatic rings. The number of hydrogen-bond acceptors (Lipinski definition) is 4. The first kappa shape index (κ1) is 16.7. The Morgan fingerprint density at radius 3 is 2.57 bits per heavy atom. The fraction of sp³-hybridized carbons (Fsp3) is 0.267. The van der Waals surface area contributed by atoms with E-state index in [1.807, 2.05) is 5.32 Å². The number of halogens is 3. The summed E-state index contributed by atoms with van der Waals surface area (Å²) in [4.78, 5) is 19.1. The standard InChI is InChI=1S/C15H15F3N4O/c1-3-10-4-5-11(21-13-6-9(2)19-8-20-13)7-12(10)22-14(23)15(16,17)18/h4-8H,3H2,1-2H3,(H,22,23)(H,19,20,21). The van der Waals surface area contributed by atoms with Crippen LogP contribution in [-0.4, -0.2) is 22.1 Å². The van der Waals surface area contributed by atoms with Gasteiger partial charge in [0.2, 0.25) is 0 Å². The molecule has 0 unspecified atom stereocenters. The molecule has 0 fully saturated rings.